The molecule has 0 spiro atoms. The van der Waals surface area contributed by atoms with Gasteiger partial charge in [0.15, 0.2) is 0 Å². The molecule has 0 radical (unpaired) electrons. The van der Waals surface area contributed by atoms with Crippen LogP contribution in [0.25, 0.3) is 0 Å². The van der Waals surface area contributed by atoms with Crippen LogP contribution in [0.2, 0.25) is 0 Å². The van der Waals surface area contributed by atoms with E-state index in [9.17, 15) is 0 Å². The van der Waals surface area contributed by atoms with Crippen LogP contribution in [0, 0.1) is 5.92 Å². The van der Waals surface area contributed by atoms with Crippen molar-refractivity contribution in [1.29, 1.82) is 0 Å². The van der Waals surface area contributed by atoms with E-state index in [1.807, 2.05) is 0 Å². The van der Waals surface area contributed by atoms with Crippen LogP contribution in [0.1, 0.15) is 58.3 Å². The molecule has 2 unspecified atom stereocenters. The van der Waals surface area contributed by atoms with E-state index in [4.69, 9.17) is 5.73 Å². The summed E-state index contributed by atoms with van der Waals surface area (Å²) in [7, 11) is 2.30. The summed E-state index contributed by atoms with van der Waals surface area (Å²) in [6, 6.07) is 0.826. The molecule has 2 saturated carbocycles. The molecule has 2 aliphatic carbocycles. The predicted molar refractivity (Wildman–Crippen MR) is 69.4 cm³/mol. The van der Waals surface area contributed by atoms with Gasteiger partial charge < -0.3 is 10.6 Å². The molecule has 0 aliphatic heterocycles. The van der Waals surface area contributed by atoms with Gasteiger partial charge in [0.2, 0.25) is 0 Å². The summed E-state index contributed by atoms with van der Waals surface area (Å²) in [4.78, 5) is 2.57. The zero-order valence-corrected chi connectivity index (χ0v) is 11.0. The van der Waals surface area contributed by atoms with Crippen LogP contribution in [0.15, 0.2) is 0 Å². The lowest BCUT2D eigenvalue weighted by molar-refractivity contribution is 0.133. The zero-order chi connectivity index (χ0) is 11.6. The topological polar surface area (TPSA) is 29.3 Å². The molecule has 0 aromatic rings. The highest BCUT2D eigenvalue weighted by Gasteiger charge is 2.33. The van der Waals surface area contributed by atoms with E-state index in [2.05, 4.69) is 18.9 Å². The first kappa shape index (κ1) is 12.4. The quantitative estimate of drug-likeness (QED) is 0.795. The Kier molecular flexibility index (Phi) is 3.91. The van der Waals surface area contributed by atoms with Gasteiger partial charge in [-0.1, -0.05) is 19.8 Å². The molecule has 2 heteroatoms. The minimum absolute atomic E-state index is 0.203. The molecule has 0 amide bonds. The first-order valence-corrected chi connectivity index (χ1v) is 7.08. The van der Waals surface area contributed by atoms with E-state index in [0.717, 1.165) is 12.0 Å². The van der Waals surface area contributed by atoms with E-state index < -0.39 is 0 Å². The second-order valence-electron chi connectivity index (χ2n) is 6.37. The highest BCUT2D eigenvalue weighted by Crippen LogP contribution is 2.33. The van der Waals surface area contributed by atoms with Crippen molar-refractivity contribution >= 4 is 0 Å². The highest BCUT2D eigenvalue weighted by atomic mass is 15.1. The number of rotatable bonds is 4. The molecular weight excluding hydrogens is 196 g/mol. The Morgan fingerprint density at radius 1 is 1.25 bits per heavy atom. The Labute approximate surface area is 101 Å². The zero-order valence-electron chi connectivity index (χ0n) is 11.0. The maximum absolute atomic E-state index is 6.28. The number of nitrogens with zero attached hydrogens (tertiary/aromatic N) is 1. The molecule has 0 aromatic heterocycles. The predicted octanol–water partition coefficient (Wildman–Crippen LogP) is 2.77. The molecule has 2 N–H and O–H groups in total. The SMILES string of the molecule is CC1CCCC(N(C)CCC2(N)CCC2)C1. The van der Waals surface area contributed by atoms with Gasteiger partial charge >= 0.3 is 0 Å². The van der Waals surface area contributed by atoms with Crippen LogP contribution in [0.4, 0.5) is 0 Å². The lowest BCUT2D eigenvalue weighted by Crippen LogP contribution is -2.49. The molecule has 2 aliphatic rings. The van der Waals surface area contributed by atoms with Gasteiger partial charge in [-0.25, -0.2) is 0 Å². The molecular formula is C14H28N2. The first-order chi connectivity index (χ1) is 7.59. The number of hydrogen-bond donors (Lipinski definition) is 1. The normalized spacial score (nSPS) is 33.8. The van der Waals surface area contributed by atoms with Crippen molar-refractivity contribution in [3.05, 3.63) is 0 Å². The molecule has 0 aromatic carbocycles. The summed E-state index contributed by atoms with van der Waals surface area (Å²) in [5.74, 6) is 0.928. The van der Waals surface area contributed by atoms with Crippen LogP contribution in [-0.2, 0) is 0 Å². The largest absolute Gasteiger partial charge is 0.325 e. The van der Waals surface area contributed by atoms with Gasteiger partial charge in [0.05, 0.1) is 0 Å². The fourth-order valence-corrected chi connectivity index (χ4v) is 3.26. The highest BCUT2D eigenvalue weighted by molar-refractivity contribution is 4.93. The minimum Gasteiger partial charge on any atom is -0.325 e. The standard InChI is InChI=1S/C14H28N2/c1-12-5-3-6-13(11-12)16(2)10-9-14(15)7-4-8-14/h12-13H,3-11,15H2,1-2H3. The van der Waals surface area contributed by atoms with Gasteiger partial charge in [-0.2, -0.15) is 0 Å². The van der Waals surface area contributed by atoms with Gasteiger partial charge in [-0.05, 0) is 58.0 Å². The van der Waals surface area contributed by atoms with Crippen molar-refractivity contribution in [2.75, 3.05) is 13.6 Å². The van der Waals surface area contributed by atoms with Crippen LogP contribution in [0.3, 0.4) is 0 Å². The third-order valence-corrected chi connectivity index (χ3v) is 4.84. The Morgan fingerprint density at radius 3 is 2.56 bits per heavy atom. The van der Waals surface area contributed by atoms with Gasteiger partial charge in [0, 0.05) is 11.6 Å². The molecule has 2 rings (SSSR count). The smallest absolute Gasteiger partial charge is 0.0166 e. The summed E-state index contributed by atoms with van der Waals surface area (Å²) in [5.41, 5.74) is 6.48. The van der Waals surface area contributed by atoms with Crippen LogP contribution in [-0.4, -0.2) is 30.1 Å². The van der Waals surface area contributed by atoms with Crippen molar-refractivity contribution in [1.82, 2.24) is 4.90 Å². The third kappa shape index (κ3) is 2.98. The van der Waals surface area contributed by atoms with Gasteiger partial charge in [0.1, 0.15) is 0 Å². The second-order valence-corrected chi connectivity index (χ2v) is 6.37. The lowest BCUT2D eigenvalue weighted by Gasteiger charge is -2.41. The van der Waals surface area contributed by atoms with Crippen LogP contribution in [0.5, 0.6) is 0 Å². The Hall–Kier alpha value is -0.0800. The molecule has 0 bridgehead atoms. The second kappa shape index (κ2) is 5.05. The Morgan fingerprint density at radius 2 is 2.00 bits per heavy atom. The Bertz CT molecular complexity index is 223. The van der Waals surface area contributed by atoms with Crippen molar-refractivity contribution in [3.8, 4) is 0 Å². The molecule has 2 fully saturated rings. The average molecular weight is 224 g/mol. The molecule has 0 heterocycles. The van der Waals surface area contributed by atoms with E-state index in [0.29, 0.717) is 0 Å². The molecule has 2 atom stereocenters. The molecule has 16 heavy (non-hydrogen) atoms. The van der Waals surface area contributed by atoms with Gasteiger partial charge in [-0.15, -0.1) is 0 Å². The van der Waals surface area contributed by atoms with E-state index in [1.165, 1.54) is 57.9 Å². The van der Waals surface area contributed by atoms with Crippen molar-refractivity contribution in [2.45, 2.75) is 69.9 Å². The monoisotopic (exact) mass is 224 g/mol. The number of nitrogens with two attached hydrogens (primary N) is 1. The molecule has 0 saturated heterocycles. The van der Waals surface area contributed by atoms with Crippen LogP contribution >= 0.6 is 0 Å². The first-order valence-electron chi connectivity index (χ1n) is 7.08. The summed E-state index contributed by atoms with van der Waals surface area (Å²) in [5, 5.41) is 0. The summed E-state index contributed by atoms with van der Waals surface area (Å²) in [6.07, 6.45) is 10.7. The summed E-state index contributed by atoms with van der Waals surface area (Å²) >= 11 is 0. The van der Waals surface area contributed by atoms with E-state index in [1.54, 1.807) is 0 Å². The fraction of sp³-hybridized carbons (Fsp3) is 1.00. The van der Waals surface area contributed by atoms with Crippen LogP contribution < -0.4 is 5.73 Å². The van der Waals surface area contributed by atoms with Crippen molar-refractivity contribution in [2.24, 2.45) is 11.7 Å². The third-order valence-electron chi connectivity index (χ3n) is 4.84. The molecule has 94 valence electrons. The molecule has 2 nitrogen and oxygen atoms in total. The lowest BCUT2D eigenvalue weighted by atomic mass is 9.75. The van der Waals surface area contributed by atoms with Gasteiger partial charge in [-0.3, -0.25) is 0 Å². The summed E-state index contributed by atoms with van der Waals surface area (Å²) < 4.78 is 0. The number of hydrogen-bond acceptors (Lipinski definition) is 2. The average Bonchev–Trinajstić information content (AvgIpc) is 2.23. The summed E-state index contributed by atoms with van der Waals surface area (Å²) in [6.45, 7) is 3.60. The van der Waals surface area contributed by atoms with Gasteiger partial charge in [0.25, 0.3) is 0 Å². The Balaban J connectivity index is 1.72. The van der Waals surface area contributed by atoms with Crippen molar-refractivity contribution in [3.63, 3.8) is 0 Å². The van der Waals surface area contributed by atoms with E-state index in [-0.39, 0.29) is 5.54 Å². The minimum atomic E-state index is 0.203. The fourth-order valence-electron chi connectivity index (χ4n) is 3.26. The maximum Gasteiger partial charge on any atom is 0.0166 e. The van der Waals surface area contributed by atoms with Crippen molar-refractivity contribution < 1.29 is 0 Å². The maximum atomic E-state index is 6.28. The van der Waals surface area contributed by atoms with E-state index >= 15 is 0 Å².